The molecule has 0 aliphatic heterocycles. The lowest BCUT2D eigenvalue weighted by molar-refractivity contribution is 0.0952. The Morgan fingerprint density at radius 2 is 1.58 bits per heavy atom. The molecule has 0 spiro atoms. The molecule has 5 aromatic rings. The number of benzene rings is 3. The van der Waals surface area contributed by atoms with Crippen LogP contribution in [0.5, 0.6) is 5.75 Å². The molecule has 0 radical (unpaired) electrons. The SMILES string of the molecule is COc1ccc(C(=O)NCCn2c(N)c(S(=O)(=O)c3ccccc3)c3nc4ccccc4nc32)cc1. The number of hydrogen-bond donors (Lipinski definition) is 2. The van der Waals surface area contributed by atoms with Gasteiger partial charge in [0.25, 0.3) is 5.91 Å². The number of methoxy groups -OCH3 is 1. The first-order chi connectivity index (χ1) is 17.4. The van der Waals surface area contributed by atoms with Gasteiger partial charge in [-0.2, -0.15) is 0 Å². The lowest BCUT2D eigenvalue weighted by atomic mass is 10.2. The quantitative estimate of drug-likeness (QED) is 0.349. The molecule has 0 atom stereocenters. The van der Waals surface area contributed by atoms with Crippen LogP contribution in [0.25, 0.3) is 22.2 Å². The highest BCUT2D eigenvalue weighted by molar-refractivity contribution is 7.92. The van der Waals surface area contributed by atoms with Crippen molar-refractivity contribution < 1.29 is 17.9 Å². The highest BCUT2D eigenvalue weighted by atomic mass is 32.2. The third-order valence-corrected chi connectivity index (χ3v) is 7.67. The Kier molecular flexibility index (Phi) is 6.03. The summed E-state index contributed by atoms with van der Waals surface area (Å²) in [5.74, 6) is 0.389. The van der Waals surface area contributed by atoms with E-state index in [1.807, 2.05) is 12.1 Å². The molecule has 182 valence electrons. The molecule has 0 unspecified atom stereocenters. The number of amides is 1. The fraction of sp³-hybridized carbons (Fsp3) is 0.115. The summed E-state index contributed by atoms with van der Waals surface area (Å²) in [6, 6.07) is 22.0. The number of carbonyl (C=O) groups is 1. The number of fused-ring (bicyclic) bond motifs is 2. The van der Waals surface area contributed by atoms with E-state index in [4.69, 9.17) is 10.5 Å². The molecule has 3 N–H and O–H groups in total. The molecule has 9 nitrogen and oxygen atoms in total. The molecule has 10 heteroatoms. The van der Waals surface area contributed by atoms with E-state index in [0.717, 1.165) is 0 Å². The number of nitrogens with one attached hydrogen (secondary N) is 1. The number of nitrogens with two attached hydrogens (primary N) is 1. The summed E-state index contributed by atoms with van der Waals surface area (Å²) in [6.07, 6.45) is 0. The van der Waals surface area contributed by atoms with Crippen molar-refractivity contribution in [1.82, 2.24) is 19.9 Å². The van der Waals surface area contributed by atoms with Gasteiger partial charge < -0.3 is 20.4 Å². The van der Waals surface area contributed by atoms with Gasteiger partial charge in [0, 0.05) is 18.7 Å². The summed E-state index contributed by atoms with van der Waals surface area (Å²) < 4.78 is 33.9. The molecule has 3 aromatic carbocycles. The zero-order valence-corrected chi connectivity index (χ0v) is 20.2. The summed E-state index contributed by atoms with van der Waals surface area (Å²) in [7, 11) is -2.43. The minimum atomic E-state index is -3.98. The van der Waals surface area contributed by atoms with Crippen LogP contribution in [0.4, 0.5) is 5.82 Å². The number of aromatic nitrogens is 3. The second-order valence-electron chi connectivity index (χ2n) is 8.05. The van der Waals surface area contributed by atoms with Crippen LogP contribution in [-0.2, 0) is 16.4 Å². The van der Waals surface area contributed by atoms with Gasteiger partial charge in [0.05, 0.1) is 23.0 Å². The van der Waals surface area contributed by atoms with Crippen LogP contribution in [0.3, 0.4) is 0 Å². The molecule has 36 heavy (non-hydrogen) atoms. The van der Waals surface area contributed by atoms with Crippen molar-refractivity contribution in [1.29, 1.82) is 0 Å². The van der Waals surface area contributed by atoms with Gasteiger partial charge in [-0.15, -0.1) is 0 Å². The van der Waals surface area contributed by atoms with Crippen molar-refractivity contribution in [2.75, 3.05) is 19.4 Å². The number of nitrogens with zero attached hydrogens (tertiary/aromatic N) is 3. The van der Waals surface area contributed by atoms with Gasteiger partial charge in [0.15, 0.2) is 5.65 Å². The Morgan fingerprint density at radius 3 is 2.25 bits per heavy atom. The minimum Gasteiger partial charge on any atom is -0.497 e. The number of para-hydroxylation sites is 2. The van der Waals surface area contributed by atoms with Gasteiger partial charge >= 0.3 is 0 Å². The Bertz CT molecular complexity index is 1680. The number of nitrogen functional groups attached to an aromatic ring is 1. The van der Waals surface area contributed by atoms with E-state index in [1.54, 1.807) is 66.3 Å². The summed E-state index contributed by atoms with van der Waals surface area (Å²) in [6.45, 7) is 0.389. The Morgan fingerprint density at radius 1 is 0.944 bits per heavy atom. The third kappa shape index (κ3) is 4.11. The van der Waals surface area contributed by atoms with Gasteiger partial charge in [-0.05, 0) is 48.5 Å². The van der Waals surface area contributed by atoms with Crippen LogP contribution in [0.1, 0.15) is 10.4 Å². The van der Waals surface area contributed by atoms with Crippen molar-refractivity contribution in [3.63, 3.8) is 0 Å². The normalized spacial score (nSPS) is 11.6. The topological polar surface area (TPSA) is 129 Å². The van der Waals surface area contributed by atoms with Crippen molar-refractivity contribution in [3.8, 4) is 5.75 Å². The molecule has 0 fully saturated rings. The first kappa shape index (κ1) is 23.3. The number of rotatable bonds is 7. The van der Waals surface area contributed by atoms with E-state index in [0.29, 0.717) is 28.0 Å². The number of anilines is 1. The summed E-state index contributed by atoms with van der Waals surface area (Å²) in [5.41, 5.74) is 8.60. The van der Waals surface area contributed by atoms with Gasteiger partial charge in [0.2, 0.25) is 9.84 Å². The Hall–Kier alpha value is -4.44. The van der Waals surface area contributed by atoms with E-state index < -0.39 is 9.84 Å². The molecule has 0 saturated heterocycles. The van der Waals surface area contributed by atoms with Crippen molar-refractivity contribution >= 4 is 43.8 Å². The first-order valence-corrected chi connectivity index (χ1v) is 12.7. The fourth-order valence-corrected chi connectivity index (χ4v) is 5.55. The van der Waals surface area contributed by atoms with Gasteiger partial charge in [0.1, 0.15) is 22.0 Å². The molecule has 2 aromatic heterocycles. The molecule has 1 amide bonds. The Labute approximate surface area is 207 Å². The zero-order chi connectivity index (χ0) is 25.3. The average Bonchev–Trinajstić information content (AvgIpc) is 3.18. The maximum Gasteiger partial charge on any atom is 0.251 e. The smallest absolute Gasteiger partial charge is 0.251 e. The minimum absolute atomic E-state index is 0.0165. The molecular weight excluding hydrogens is 478 g/mol. The predicted molar refractivity (Wildman–Crippen MR) is 137 cm³/mol. The van der Waals surface area contributed by atoms with Crippen molar-refractivity contribution in [2.24, 2.45) is 0 Å². The predicted octanol–water partition coefficient (Wildman–Crippen LogP) is 3.44. The van der Waals surface area contributed by atoms with E-state index in [1.165, 1.54) is 12.1 Å². The van der Waals surface area contributed by atoms with Gasteiger partial charge in [-0.25, -0.2) is 18.4 Å². The second-order valence-corrected chi connectivity index (χ2v) is 9.94. The van der Waals surface area contributed by atoms with Crippen LogP contribution in [0, 0.1) is 0 Å². The molecule has 0 aliphatic carbocycles. The molecule has 0 aliphatic rings. The first-order valence-electron chi connectivity index (χ1n) is 11.2. The van der Waals surface area contributed by atoms with E-state index in [2.05, 4.69) is 15.3 Å². The number of ether oxygens (including phenoxy) is 1. The summed E-state index contributed by atoms with van der Waals surface area (Å²) in [5, 5.41) is 2.84. The van der Waals surface area contributed by atoms with Crippen LogP contribution in [0.2, 0.25) is 0 Å². The molecule has 5 rings (SSSR count). The summed E-state index contributed by atoms with van der Waals surface area (Å²) in [4.78, 5) is 21.9. The number of hydrogen-bond acceptors (Lipinski definition) is 7. The molecule has 0 saturated carbocycles. The van der Waals surface area contributed by atoms with Crippen LogP contribution in [-0.4, -0.2) is 42.5 Å². The van der Waals surface area contributed by atoms with E-state index >= 15 is 0 Å². The molecule has 2 heterocycles. The Balaban J connectivity index is 1.53. The highest BCUT2D eigenvalue weighted by Gasteiger charge is 2.30. The van der Waals surface area contributed by atoms with E-state index in [9.17, 15) is 13.2 Å². The number of carbonyl (C=O) groups excluding carboxylic acids is 1. The monoisotopic (exact) mass is 501 g/mol. The van der Waals surface area contributed by atoms with E-state index in [-0.39, 0.29) is 40.1 Å². The van der Waals surface area contributed by atoms with Crippen LogP contribution >= 0.6 is 0 Å². The highest BCUT2D eigenvalue weighted by Crippen LogP contribution is 2.35. The van der Waals surface area contributed by atoms with Crippen LogP contribution in [0.15, 0.2) is 88.7 Å². The second kappa shape index (κ2) is 9.31. The maximum absolute atomic E-state index is 13.6. The van der Waals surface area contributed by atoms with Crippen molar-refractivity contribution in [2.45, 2.75) is 16.3 Å². The molecular formula is C26H23N5O4S. The number of sulfone groups is 1. The largest absolute Gasteiger partial charge is 0.497 e. The van der Waals surface area contributed by atoms with Gasteiger partial charge in [-0.1, -0.05) is 30.3 Å². The average molecular weight is 502 g/mol. The lowest BCUT2D eigenvalue weighted by Gasteiger charge is -2.10. The lowest BCUT2D eigenvalue weighted by Crippen LogP contribution is -2.27. The molecule has 0 bridgehead atoms. The standard InChI is InChI=1S/C26H23N5O4S/c1-35-18-13-11-17(12-14-18)26(32)28-15-16-31-24(27)23(36(33,34)19-7-3-2-4-8-19)22-25(31)30-21-10-6-5-9-20(21)29-22/h2-14H,15-16,27H2,1H3,(H,28,32). The third-order valence-electron chi connectivity index (χ3n) is 5.84. The fourth-order valence-electron chi connectivity index (χ4n) is 4.02. The van der Waals surface area contributed by atoms with Gasteiger partial charge in [-0.3, -0.25) is 4.79 Å². The van der Waals surface area contributed by atoms with Crippen LogP contribution < -0.4 is 15.8 Å². The zero-order valence-electron chi connectivity index (χ0n) is 19.4. The maximum atomic E-state index is 13.6. The summed E-state index contributed by atoms with van der Waals surface area (Å²) >= 11 is 0. The van der Waals surface area contributed by atoms with Crippen molar-refractivity contribution in [3.05, 3.63) is 84.4 Å².